The summed E-state index contributed by atoms with van der Waals surface area (Å²) in [6, 6.07) is 0.0293. The second kappa shape index (κ2) is 5.34. The van der Waals surface area contributed by atoms with Crippen molar-refractivity contribution in [2.45, 2.75) is 18.6 Å². The first-order valence-corrected chi connectivity index (χ1v) is 6.89. The van der Waals surface area contributed by atoms with Crippen LogP contribution in [-0.4, -0.2) is 79.8 Å². The summed E-state index contributed by atoms with van der Waals surface area (Å²) in [6.07, 6.45) is 0.854. The lowest BCUT2D eigenvalue weighted by molar-refractivity contribution is -0.139. The molecule has 0 aromatic rings. The van der Waals surface area contributed by atoms with E-state index >= 15 is 0 Å². The van der Waals surface area contributed by atoms with Gasteiger partial charge in [-0.05, 0) is 6.42 Å². The smallest absolute Gasteiger partial charge is 0.320 e. The van der Waals surface area contributed by atoms with Gasteiger partial charge in [-0.25, -0.2) is 4.79 Å². The van der Waals surface area contributed by atoms with Crippen LogP contribution in [-0.2, 0) is 9.53 Å². The van der Waals surface area contributed by atoms with Crippen molar-refractivity contribution in [3.8, 4) is 0 Å². The topological polar surface area (TPSA) is 73.9 Å². The number of hydrogen-bond donors (Lipinski definition) is 2. The molecule has 0 spiro atoms. The van der Waals surface area contributed by atoms with Gasteiger partial charge in [0.1, 0.15) is 6.61 Å². The summed E-state index contributed by atoms with van der Waals surface area (Å²) < 4.78 is 5.49. The lowest BCUT2D eigenvalue weighted by Crippen LogP contribution is -2.63. The van der Waals surface area contributed by atoms with Gasteiger partial charge in [0.2, 0.25) is 5.91 Å². The molecule has 3 aliphatic rings. The van der Waals surface area contributed by atoms with Crippen molar-refractivity contribution in [2.75, 3.05) is 45.9 Å². The Bertz CT molecular complexity index is 370. The van der Waals surface area contributed by atoms with Crippen LogP contribution in [0.4, 0.5) is 4.79 Å². The van der Waals surface area contributed by atoms with E-state index in [9.17, 15) is 9.59 Å². The van der Waals surface area contributed by atoms with Crippen molar-refractivity contribution in [3.63, 3.8) is 0 Å². The van der Waals surface area contributed by atoms with Crippen molar-refractivity contribution in [1.29, 1.82) is 0 Å². The number of hydrogen-bond acceptors (Lipinski definition) is 4. The van der Waals surface area contributed by atoms with Crippen molar-refractivity contribution >= 4 is 11.9 Å². The Kier molecular flexibility index (Phi) is 3.56. The Hall–Kier alpha value is -1.34. The van der Waals surface area contributed by atoms with E-state index in [1.807, 2.05) is 9.80 Å². The van der Waals surface area contributed by atoms with E-state index < -0.39 is 0 Å². The summed E-state index contributed by atoms with van der Waals surface area (Å²) in [7, 11) is 0. The third-order valence-electron chi connectivity index (χ3n) is 3.98. The largest absolute Gasteiger partial charge is 0.366 e. The molecule has 0 aromatic heterocycles. The Morgan fingerprint density at radius 3 is 2.79 bits per heavy atom. The molecule has 0 aliphatic carbocycles. The molecule has 2 unspecified atom stereocenters. The second-order valence-electron chi connectivity index (χ2n) is 5.28. The van der Waals surface area contributed by atoms with Crippen molar-refractivity contribution in [3.05, 3.63) is 0 Å². The average molecular weight is 268 g/mol. The Morgan fingerprint density at radius 2 is 2.00 bits per heavy atom. The van der Waals surface area contributed by atoms with Crippen molar-refractivity contribution in [2.24, 2.45) is 0 Å². The third-order valence-corrected chi connectivity index (χ3v) is 3.98. The number of morpholine rings is 1. The molecule has 7 nitrogen and oxygen atoms in total. The van der Waals surface area contributed by atoms with Crippen LogP contribution in [0.3, 0.4) is 0 Å². The maximum atomic E-state index is 12.4. The summed E-state index contributed by atoms with van der Waals surface area (Å²) in [5.41, 5.74) is 0. The zero-order valence-electron chi connectivity index (χ0n) is 10.9. The number of nitrogens with zero attached hydrogens (tertiary/aromatic N) is 2. The van der Waals surface area contributed by atoms with Gasteiger partial charge in [0.05, 0.1) is 12.1 Å². The Morgan fingerprint density at radius 1 is 1.21 bits per heavy atom. The maximum Gasteiger partial charge on any atom is 0.320 e. The Labute approximate surface area is 112 Å². The Balaban J connectivity index is 1.59. The molecule has 19 heavy (non-hydrogen) atoms. The highest BCUT2D eigenvalue weighted by molar-refractivity contribution is 5.79. The normalized spacial score (nSPS) is 31.7. The highest BCUT2D eigenvalue weighted by Gasteiger charge is 2.37. The number of piperazine rings is 1. The fourth-order valence-corrected chi connectivity index (χ4v) is 2.93. The molecule has 3 saturated heterocycles. The zero-order valence-corrected chi connectivity index (χ0v) is 10.9. The molecule has 0 radical (unpaired) electrons. The van der Waals surface area contributed by atoms with Gasteiger partial charge in [-0.2, -0.15) is 0 Å². The number of piperidine rings is 1. The van der Waals surface area contributed by atoms with Gasteiger partial charge in [-0.1, -0.05) is 0 Å². The average Bonchev–Trinajstić information content (AvgIpc) is 2.46. The molecular weight excluding hydrogens is 248 g/mol. The summed E-state index contributed by atoms with van der Waals surface area (Å²) >= 11 is 0. The van der Waals surface area contributed by atoms with Gasteiger partial charge in [0, 0.05) is 39.3 Å². The van der Waals surface area contributed by atoms with Crippen LogP contribution >= 0.6 is 0 Å². The first-order chi connectivity index (χ1) is 9.24. The summed E-state index contributed by atoms with van der Waals surface area (Å²) in [6.45, 7) is 4.63. The third kappa shape index (κ3) is 2.66. The van der Waals surface area contributed by atoms with E-state index in [2.05, 4.69) is 10.6 Å². The SMILES string of the molecule is O=C1COC2CCN(C(=O)N3CCNCC3)CC2N1. The molecular formula is C12H20N4O3. The highest BCUT2D eigenvalue weighted by Crippen LogP contribution is 2.18. The van der Waals surface area contributed by atoms with Crippen LogP contribution in [0.25, 0.3) is 0 Å². The number of carbonyl (C=O) groups excluding carboxylic acids is 2. The molecule has 106 valence electrons. The second-order valence-corrected chi connectivity index (χ2v) is 5.28. The molecule has 7 heteroatoms. The van der Waals surface area contributed by atoms with Crippen LogP contribution in [0.15, 0.2) is 0 Å². The number of nitrogens with one attached hydrogen (secondary N) is 2. The molecule has 3 aliphatic heterocycles. The van der Waals surface area contributed by atoms with Crippen LogP contribution in [0.2, 0.25) is 0 Å². The summed E-state index contributed by atoms with van der Waals surface area (Å²) in [5.74, 6) is -0.0854. The molecule has 0 saturated carbocycles. The standard InChI is InChI=1S/C12H20N4O3/c17-11-8-19-10-1-4-16(7-9(10)14-11)12(18)15-5-2-13-3-6-15/h9-10,13H,1-8H2,(H,14,17). The molecule has 2 atom stereocenters. The number of fused-ring (bicyclic) bond motifs is 1. The lowest BCUT2D eigenvalue weighted by atomic mass is 10.0. The highest BCUT2D eigenvalue weighted by atomic mass is 16.5. The summed E-state index contributed by atoms with van der Waals surface area (Å²) in [4.78, 5) is 27.4. The van der Waals surface area contributed by atoms with E-state index in [0.29, 0.717) is 13.1 Å². The molecule has 2 N–H and O–H groups in total. The van der Waals surface area contributed by atoms with Gasteiger partial charge in [-0.15, -0.1) is 0 Å². The van der Waals surface area contributed by atoms with Gasteiger partial charge >= 0.3 is 6.03 Å². The van der Waals surface area contributed by atoms with E-state index in [-0.39, 0.29) is 30.7 Å². The van der Waals surface area contributed by atoms with Gasteiger partial charge < -0.3 is 25.2 Å². The van der Waals surface area contributed by atoms with Gasteiger partial charge in [-0.3, -0.25) is 4.79 Å². The number of likely N-dealkylation sites (tertiary alicyclic amines) is 1. The predicted molar refractivity (Wildman–Crippen MR) is 67.7 cm³/mol. The number of carbonyl (C=O) groups is 2. The van der Waals surface area contributed by atoms with Crippen LogP contribution < -0.4 is 10.6 Å². The molecule has 3 rings (SSSR count). The van der Waals surface area contributed by atoms with Gasteiger partial charge in [0.15, 0.2) is 0 Å². The number of amides is 3. The summed E-state index contributed by atoms with van der Waals surface area (Å²) in [5, 5.41) is 6.15. The quantitative estimate of drug-likeness (QED) is 0.567. The van der Waals surface area contributed by atoms with Crippen molar-refractivity contribution < 1.29 is 14.3 Å². The first kappa shape index (κ1) is 12.7. The van der Waals surface area contributed by atoms with E-state index in [0.717, 1.165) is 32.6 Å². The number of urea groups is 1. The minimum atomic E-state index is -0.0854. The fourth-order valence-electron chi connectivity index (χ4n) is 2.93. The van der Waals surface area contributed by atoms with Crippen LogP contribution in [0.5, 0.6) is 0 Å². The van der Waals surface area contributed by atoms with E-state index in [1.165, 1.54) is 0 Å². The molecule has 3 heterocycles. The van der Waals surface area contributed by atoms with Crippen LogP contribution in [0.1, 0.15) is 6.42 Å². The molecule has 3 amide bonds. The number of rotatable bonds is 0. The fraction of sp³-hybridized carbons (Fsp3) is 0.833. The monoisotopic (exact) mass is 268 g/mol. The predicted octanol–water partition coefficient (Wildman–Crippen LogP) is -1.40. The van der Waals surface area contributed by atoms with Crippen molar-refractivity contribution in [1.82, 2.24) is 20.4 Å². The van der Waals surface area contributed by atoms with E-state index in [4.69, 9.17) is 4.74 Å². The minimum absolute atomic E-state index is 0.0538. The zero-order chi connectivity index (χ0) is 13.2. The van der Waals surface area contributed by atoms with Gasteiger partial charge in [0.25, 0.3) is 0 Å². The van der Waals surface area contributed by atoms with Crippen LogP contribution in [0, 0.1) is 0 Å². The maximum absolute atomic E-state index is 12.4. The lowest BCUT2D eigenvalue weighted by Gasteiger charge is -2.43. The molecule has 0 bridgehead atoms. The molecule has 3 fully saturated rings. The minimum Gasteiger partial charge on any atom is -0.366 e. The number of ether oxygens (including phenoxy) is 1. The van der Waals surface area contributed by atoms with E-state index in [1.54, 1.807) is 0 Å². The molecule has 0 aromatic carbocycles. The first-order valence-electron chi connectivity index (χ1n) is 6.89.